The normalized spacial score (nSPS) is 28.4. The first-order valence-electron chi connectivity index (χ1n) is 7.22. The highest BCUT2D eigenvalue weighted by Crippen LogP contribution is 2.38. The Morgan fingerprint density at radius 3 is 2.95 bits per heavy atom. The molecule has 0 aliphatic heterocycles. The van der Waals surface area contributed by atoms with Crippen LogP contribution in [0, 0.1) is 11.7 Å². The zero-order chi connectivity index (χ0) is 14.8. The maximum atomic E-state index is 13.6. The maximum Gasteiger partial charge on any atom is 0.137 e. The lowest BCUT2D eigenvalue weighted by Gasteiger charge is -2.43. The summed E-state index contributed by atoms with van der Waals surface area (Å²) in [5.74, 6) is 0.392. The smallest absolute Gasteiger partial charge is 0.137 e. The van der Waals surface area contributed by atoms with Crippen LogP contribution in [0.15, 0.2) is 22.7 Å². The van der Waals surface area contributed by atoms with Crippen molar-refractivity contribution in [1.82, 2.24) is 0 Å². The van der Waals surface area contributed by atoms with E-state index >= 15 is 0 Å². The summed E-state index contributed by atoms with van der Waals surface area (Å²) in [5.41, 5.74) is 7.07. The van der Waals surface area contributed by atoms with Crippen LogP contribution in [0.5, 0.6) is 0 Å². The molecular formula is C16H23BrFNO. The second-order valence-electron chi connectivity index (χ2n) is 5.99. The molecule has 20 heavy (non-hydrogen) atoms. The van der Waals surface area contributed by atoms with Crippen molar-refractivity contribution < 1.29 is 9.13 Å². The first kappa shape index (κ1) is 15.9. The van der Waals surface area contributed by atoms with Gasteiger partial charge in [0.25, 0.3) is 0 Å². The fourth-order valence-electron chi connectivity index (χ4n) is 3.35. The molecule has 2 nitrogen and oxygen atoms in total. The summed E-state index contributed by atoms with van der Waals surface area (Å²) in [7, 11) is 1.75. The molecule has 112 valence electrons. The summed E-state index contributed by atoms with van der Waals surface area (Å²) in [5, 5.41) is 0. The number of ether oxygens (including phenoxy) is 1. The molecule has 1 saturated carbocycles. The molecule has 3 atom stereocenters. The summed E-state index contributed by atoms with van der Waals surface area (Å²) < 4.78 is 19.9. The first-order valence-corrected chi connectivity index (χ1v) is 8.01. The van der Waals surface area contributed by atoms with E-state index in [0.717, 1.165) is 24.8 Å². The lowest BCUT2D eigenvalue weighted by atomic mass is 9.73. The van der Waals surface area contributed by atoms with E-state index in [0.29, 0.717) is 16.8 Å². The number of methoxy groups -OCH3 is 1. The molecule has 1 aromatic carbocycles. The Morgan fingerprint density at radius 2 is 2.30 bits per heavy atom. The minimum absolute atomic E-state index is 0.117. The zero-order valence-corrected chi connectivity index (χ0v) is 13.7. The van der Waals surface area contributed by atoms with Gasteiger partial charge in [-0.3, -0.25) is 0 Å². The Bertz CT molecular complexity index is 468. The van der Waals surface area contributed by atoms with Crippen molar-refractivity contribution in [2.24, 2.45) is 11.7 Å². The van der Waals surface area contributed by atoms with Crippen molar-refractivity contribution in [2.75, 3.05) is 7.11 Å². The molecule has 4 heteroatoms. The number of benzene rings is 1. The van der Waals surface area contributed by atoms with Gasteiger partial charge in [-0.25, -0.2) is 4.39 Å². The van der Waals surface area contributed by atoms with Crippen LogP contribution < -0.4 is 5.73 Å². The fraction of sp³-hybridized carbons (Fsp3) is 0.625. The Balaban J connectivity index is 2.17. The SMILES string of the molecule is COC1(C(N)Cc2cccc(F)c2Br)CCCC(C)C1. The second-order valence-corrected chi connectivity index (χ2v) is 6.79. The first-order chi connectivity index (χ1) is 9.48. The highest BCUT2D eigenvalue weighted by molar-refractivity contribution is 9.10. The predicted molar refractivity (Wildman–Crippen MR) is 83.2 cm³/mol. The van der Waals surface area contributed by atoms with Crippen LogP contribution >= 0.6 is 15.9 Å². The van der Waals surface area contributed by atoms with Gasteiger partial charge in [0.1, 0.15) is 5.82 Å². The standard InChI is InChI=1S/C16H23BrFNO/c1-11-5-4-8-16(10-11,20-2)14(19)9-12-6-3-7-13(18)15(12)17/h3,6-7,11,14H,4-5,8-10,19H2,1-2H3. The van der Waals surface area contributed by atoms with Crippen LogP contribution in [-0.4, -0.2) is 18.8 Å². The third-order valence-electron chi connectivity index (χ3n) is 4.54. The maximum absolute atomic E-state index is 13.6. The molecule has 0 aromatic heterocycles. The van der Waals surface area contributed by atoms with E-state index < -0.39 is 0 Å². The summed E-state index contributed by atoms with van der Waals surface area (Å²) >= 11 is 3.31. The van der Waals surface area contributed by atoms with Gasteiger partial charge >= 0.3 is 0 Å². The Hall–Kier alpha value is -0.450. The second kappa shape index (κ2) is 6.54. The van der Waals surface area contributed by atoms with Gasteiger partial charge < -0.3 is 10.5 Å². The molecular weight excluding hydrogens is 321 g/mol. The minimum atomic E-state index is -0.274. The third-order valence-corrected chi connectivity index (χ3v) is 5.43. The Labute approximate surface area is 129 Å². The van der Waals surface area contributed by atoms with Crippen LogP contribution in [0.25, 0.3) is 0 Å². The summed E-state index contributed by atoms with van der Waals surface area (Å²) in [4.78, 5) is 0. The molecule has 0 heterocycles. The predicted octanol–water partition coefficient (Wildman–Crippen LogP) is 4.05. The summed E-state index contributed by atoms with van der Waals surface area (Å²) in [6, 6.07) is 4.98. The van der Waals surface area contributed by atoms with Crippen molar-refractivity contribution in [3.05, 3.63) is 34.1 Å². The molecule has 2 rings (SSSR count). The van der Waals surface area contributed by atoms with Gasteiger partial charge in [-0.2, -0.15) is 0 Å². The molecule has 0 amide bonds. The number of hydrogen-bond donors (Lipinski definition) is 1. The molecule has 2 N–H and O–H groups in total. The average Bonchev–Trinajstić information content (AvgIpc) is 2.43. The van der Waals surface area contributed by atoms with Crippen molar-refractivity contribution in [2.45, 2.75) is 50.7 Å². The molecule has 1 aromatic rings. The van der Waals surface area contributed by atoms with E-state index in [1.165, 1.54) is 12.5 Å². The molecule has 0 radical (unpaired) electrons. The molecule has 0 bridgehead atoms. The molecule has 1 aliphatic rings. The highest BCUT2D eigenvalue weighted by Gasteiger charge is 2.40. The fourth-order valence-corrected chi connectivity index (χ4v) is 3.77. The average molecular weight is 344 g/mol. The lowest BCUT2D eigenvalue weighted by molar-refractivity contribution is -0.0705. The topological polar surface area (TPSA) is 35.2 Å². The van der Waals surface area contributed by atoms with Crippen molar-refractivity contribution in [3.8, 4) is 0 Å². The van der Waals surface area contributed by atoms with Gasteiger partial charge in [0.2, 0.25) is 0 Å². The zero-order valence-electron chi connectivity index (χ0n) is 12.2. The summed E-state index contributed by atoms with van der Waals surface area (Å²) in [6.07, 6.45) is 4.98. The molecule has 1 aliphatic carbocycles. The van der Waals surface area contributed by atoms with Gasteiger partial charge in [0.15, 0.2) is 0 Å². The van der Waals surface area contributed by atoms with Crippen LogP contribution in [0.4, 0.5) is 4.39 Å². The van der Waals surface area contributed by atoms with Gasteiger partial charge in [-0.1, -0.05) is 31.9 Å². The Morgan fingerprint density at radius 1 is 1.55 bits per heavy atom. The van der Waals surface area contributed by atoms with Crippen molar-refractivity contribution in [3.63, 3.8) is 0 Å². The summed E-state index contributed by atoms with van der Waals surface area (Å²) in [6.45, 7) is 2.25. The van der Waals surface area contributed by atoms with Gasteiger partial charge in [-0.15, -0.1) is 0 Å². The van der Waals surface area contributed by atoms with E-state index in [9.17, 15) is 4.39 Å². The Kier molecular flexibility index (Phi) is 5.21. The number of nitrogens with two attached hydrogens (primary N) is 1. The third kappa shape index (κ3) is 3.23. The largest absolute Gasteiger partial charge is 0.377 e. The van der Waals surface area contributed by atoms with E-state index in [1.807, 2.05) is 6.07 Å². The number of halogens is 2. The van der Waals surface area contributed by atoms with Crippen LogP contribution in [0.3, 0.4) is 0 Å². The monoisotopic (exact) mass is 343 g/mol. The van der Waals surface area contributed by atoms with Crippen LogP contribution in [0.2, 0.25) is 0 Å². The minimum Gasteiger partial charge on any atom is -0.377 e. The molecule has 0 spiro atoms. The highest BCUT2D eigenvalue weighted by atomic mass is 79.9. The number of hydrogen-bond acceptors (Lipinski definition) is 2. The van der Waals surface area contributed by atoms with Gasteiger partial charge in [-0.05, 0) is 52.7 Å². The molecule has 0 saturated heterocycles. The van der Waals surface area contributed by atoms with Gasteiger partial charge in [0.05, 0.1) is 10.1 Å². The van der Waals surface area contributed by atoms with E-state index in [-0.39, 0.29) is 17.5 Å². The quantitative estimate of drug-likeness (QED) is 0.894. The van der Waals surface area contributed by atoms with E-state index in [2.05, 4.69) is 22.9 Å². The van der Waals surface area contributed by atoms with Crippen LogP contribution in [-0.2, 0) is 11.2 Å². The van der Waals surface area contributed by atoms with Gasteiger partial charge in [0, 0.05) is 13.2 Å². The van der Waals surface area contributed by atoms with Crippen molar-refractivity contribution in [1.29, 1.82) is 0 Å². The van der Waals surface area contributed by atoms with E-state index in [4.69, 9.17) is 10.5 Å². The number of rotatable bonds is 4. The lowest BCUT2D eigenvalue weighted by Crippen LogP contribution is -2.53. The van der Waals surface area contributed by atoms with Crippen LogP contribution in [0.1, 0.15) is 38.2 Å². The molecule has 1 fully saturated rings. The molecule has 3 unspecified atom stereocenters. The van der Waals surface area contributed by atoms with Crippen molar-refractivity contribution >= 4 is 15.9 Å². The van der Waals surface area contributed by atoms with E-state index in [1.54, 1.807) is 13.2 Å².